The Labute approximate surface area is 134 Å². The number of ether oxygens (including phenoxy) is 1. The summed E-state index contributed by atoms with van der Waals surface area (Å²) in [5, 5.41) is 0. The number of imide groups is 1. The number of rotatable bonds is 3. The number of hydrogen-bond acceptors (Lipinski definition) is 6. The van der Waals surface area contributed by atoms with E-state index in [4.69, 9.17) is 4.74 Å². The van der Waals surface area contributed by atoms with Gasteiger partial charge in [0, 0.05) is 25.0 Å². The molecule has 24 heavy (non-hydrogen) atoms. The molecule has 0 unspecified atom stereocenters. The van der Waals surface area contributed by atoms with Crippen LogP contribution in [0.5, 0.6) is 0 Å². The van der Waals surface area contributed by atoms with Crippen LogP contribution in [0.25, 0.3) is 0 Å². The van der Waals surface area contributed by atoms with E-state index in [1.54, 1.807) is 0 Å². The van der Waals surface area contributed by atoms with Gasteiger partial charge in [0.15, 0.2) is 11.6 Å². The van der Waals surface area contributed by atoms with E-state index in [0.717, 1.165) is 35.3 Å². The largest absolute Gasteiger partial charge is 0.443 e. The van der Waals surface area contributed by atoms with Gasteiger partial charge in [-0.05, 0) is 18.2 Å². The highest BCUT2D eigenvalue weighted by atomic mass is 19.1. The van der Waals surface area contributed by atoms with Crippen molar-refractivity contribution in [2.75, 3.05) is 4.90 Å². The minimum atomic E-state index is -1.53. The Morgan fingerprint density at radius 1 is 1.04 bits per heavy atom. The highest BCUT2D eigenvalue weighted by molar-refractivity contribution is 6.28. The molecule has 0 atom stereocenters. The molecule has 0 aromatic heterocycles. The number of carbonyl (C=O) groups is 5. The second-order valence-electron chi connectivity index (χ2n) is 5.23. The Balaban J connectivity index is 1.88. The van der Waals surface area contributed by atoms with Crippen molar-refractivity contribution in [1.29, 1.82) is 0 Å². The van der Waals surface area contributed by atoms with E-state index in [0.29, 0.717) is 0 Å². The number of esters is 1. The van der Waals surface area contributed by atoms with E-state index >= 15 is 0 Å². The average molecular weight is 331 g/mol. The van der Waals surface area contributed by atoms with E-state index in [2.05, 4.69) is 0 Å². The van der Waals surface area contributed by atoms with Gasteiger partial charge in [-0.15, -0.1) is 0 Å². The maximum atomic E-state index is 13.9. The minimum Gasteiger partial charge on any atom is -0.443 e. The SMILES string of the molecule is O=C(OC1C(=O)CCC1=O)c1cc(N2C(=O)C=CC2=O)ccc1F. The van der Waals surface area contributed by atoms with Gasteiger partial charge >= 0.3 is 5.97 Å². The highest BCUT2D eigenvalue weighted by Crippen LogP contribution is 2.24. The third-order valence-corrected chi connectivity index (χ3v) is 3.66. The van der Waals surface area contributed by atoms with Crippen molar-refractivity contribution in [2.45, 2.75) is 18.9 Å². The molecule has 1 heterocycles. The van der Waals surface area contributed by atoms with E-state index in [1.807, 2.05) is 0 Å². The smallest absolute Gasteiger partial charge is 0.342 e. The lowest BCUT2D eigenvalue weighted by molar-refractivity contribution is -0.133. The van der Waals surface area contributed by atoms with Gasteiger partial charge in [0.05, 0.1) is 11.3 Å². The van der Waals surface area contributed by atoms with Crippen LogP contribution in [0.3, 0.4) is 0 Å². The molecule has 0 saturated heterocycles. The summed E-state index contributed by atoms with van der Waals surface area (Å²) in [6.45, 7) is 0. The lowest BCUT2D eigenvalue weighted by atomic mass is 10.1. The molecule has 1 fully saturated rings. The summed E-state index contributed by atoms with van der Waals surface area (Å²) in [7, 11) is 0. The standard InChI is InChI=1S/C16H10FNO6/c17-10-2-1-8(18-13(21)5-6-14(18)22)7-9(10)16(23)24-15-11(19)3-4-12(15)20/h1-2,5-7,15H,3-4H2. The molecule has 0 bridgehead atoms. The molecule has 1 aromatic carbocycles. The van der Waals surface area contributed by atoms with E-state index in [-0.39, 0.29) is 18.5 Å². The maximum absolute atomic E-state index is 13.9. The van der Waals surface area contributed by atoms with Crippen molar-refractivity contribution in [3.05, 3.63) is 41.7 Å². The van der Waals surface area contributed by atoms with Crippen molar-refractivity contribution < 1.29 is 33.1 Å². The lowest BCUT2D eigenvalue weighted by Gasteiger charge is -2.15. The third-order valence-electron chi connectivity index (χ3n) is 3.66. The number of ketones is 2. The van der Waals surface area contributed by atoms with Gasteiger partial charge in [0.2, 0.25) is 6.10 Å². The molecule has 0 spiro atoms. The van der Waals surface area contributed by atoms with Crippen LogP contribution in [-0.2, 0) is 23.9 Å². The normalized spacial score (nSPS) is 18.0. The van der Waals surface area contributed by atoms with Crippen molar-refractivity contribution >= 4 is 35.0 Å². The number of benzene rings is 1. The van der Waals surface area contributed by atoms with Gasteiger partial charge in [-0.1, -0.05) is 0 Å². The zero-order valence-corrected chi connectivity index (χ0v) is 12.2. The van der Waals surface area contributed by atoms with Crippen LogP contribution in [0.15, 0.2) is 30.4 Å². The molecule has 1 aliphatic heterocycles. The number of carbonyl (C=O) groups excluding carboxylic acids is 5. The number of nitrogens with zero attached hydrogens (tertiary/aromatic N) is 1. The van der Waals surface area contributed by atoms with Gasteiger partial charge in [0.1, 0.15) is 5.82 Å². The van der Waals surface area contributed by atoms with E-state index in [9.17, 15) is 28.4 Å². The predicted octanol–water partition coefficient (Wildman–Crippen LogP) is 0.712. The molecule has 0 N–H and O–H groups in total. The van der Waals surface area contributed by atoms with Crippen LogP contribution in [0.1, 0.15) is 23.2 Å². The monoisotopic (exact) mass is 331 g/mol. The number of anilines is 1. The summed E-state index contributed by atoms with van der Waals surface area (Å²) >= 11 is 0. The lowest BCUT2D eigenvalue weighted by Crippen LogP contribution is -2.31. The van der Waals surface area contributed by atoms with Gasteiger partial charge in [0.25, 0.3) is 11.8 Å². The summed E-state index contributed by atoms with van der Waals surface area (Å²) < 4.78 is 18.7. The number of hydrogen-bond donors (Lipinski definition) is 0. The van der Waals surface area contributed by atoms with Crippen molar-refractivity contribution in [1.82, 2.24) is 0 Å². The molecule has 1 aliphatic carbocycles. The fourth-order valence-corrected chi connectivity index (χ4v) is 2.45. The first-order valence-electron chi connectivity index (χ1n) is 7.00. The molecule has 1 aromatic rings. The summed E-state index contributed by atoms with van der Waals surface area (Å²) in [5.41, 5.74) is -0.597. The zero-order valence-electron chi connectivity index (χ0n) is 12.2. The summed E-state index contributed by atoms with van der Waals surface area (Å²) in [4.78, 5) is 59.1. The Bertz CT molecular complexity index is 794. The second-order valence-corrected chi connectivity index (χ2v) is 5.23. The van der Waals surface area contributed by atoms with Gasteiger partial charge in [-0.3, -0.25) is 19.2 Å². The molecular formula is C16H10FNO6. The quantitative estimate of drug-likeness (QED) is 0.460. The van der Waals surface area contributed by atoms with Crippen LogP contribution in [0.2, 0.25) is 0 Å². The molecule has 0 radical (unpaired) electrons. The Kier molecular flexibility index (Phi) is 3.80. The van der Waals surface area contributed by atoms with Gasteiger partial charge < -0.3 is 4.74 Å². The molecule has 2 amide bonds. The van der Waals surface area contributed by atoms with Crippen molar-refractivity contribution in [3.8, 4) is 0 Å². The van der Waals surface area contributed by atoms with E-state index < -0.39 is 46.8 Å². The predicted molar refractivity (Wildman–Crippen MR) is 76.5 cm³/mol. The van der Waals surface area contributed by atoms with Gasteiger partial charge in [-0.25, -0.2) is 14.1 Å². The first kappa shape index (κ1) is 15.7. The van der Waals surface area contributed by atoms with Crippen molar-refractivity contribution in [2.24, 2.45) is 0 Å². The first-order chi connectivity index (χ1) is 11.4. The molecule has 8 heteroatoms. The molecule has 7 nitrogen and oxygen atoms in total. The highest BCUT2D eigenvalue weighted by Gasteiger charge is 2.37. The summed E-state index contributed by atoms with van der Waals surface area (Å²) in [6.07, 6.45) is 0.500. The second kappa shape index (κ2) is 5.80. The Morgan fingerprint density at radius 3 is 2.21 bits per heavy atom. The minimum absolute atomic E-state index is 0.0209. The molecule has 3 rings (SSSR count). The average Bonchev–Trinajstić information content (AvgIpc) is 3.04. The van der Waals surface area contributed by atoms with Crippen LogP contribution in [0, 0.1) is 5.82 Å². The fraction of sp³-hybridized carbons (Fsp3) is 0.188. The number of Topliss-reactive ketones (excluding diaryl/α,β-unsaturated/α-hetero) is 2. The molecule has 2 aliphatic rings. The molecule has 1 saturated carbocycles. The number of halogens is 1. The first-order valence-corrected chi connectivity index (χ1v) is 7.00. The topological polar surface area (TPSA) is 97.8 Å². The fourth-order valence-electron chi connectivity index (χ4n) is 2.45. The van der Waals surface area contributed by atoms with Crippen LogP contribution in [-0.4, -0.2) is 35.5 Å². The van der Waals surface area contributed by atoms with Crippen LogP contribution < -0.4 is 4.90 Å². The van der Waals surface area contributed by atoms with E-state index in [1.165, 1.54) is 0 Å². The van der Waals surface area contributed by atoms with Crippen LogP contribution in [0.4, 0.5) is 10.1 Å². The zero-order chi connectivity index (χ0) is 17.4. The van der Waals surface area contributed by atoms with Gasteiger partial charge in [-0.2, -0.15) is 0 Å². The van der Waals surface area contributed by atoms with Crippen molar-refractivity contribution in [3.63, 3.8) is 0 Å². The maximum Gasteiger partial charge on any atom is 0.342 e. The number of amides is 2. The molecule has 122 valence electrons. The molecular weight excluding hydrogens is 321 g/mol. The third kappa shape index (κ3) is 2.62. The van der Waals surface area contributed by atoms with Crippen LogP contribution >= 0.6 is 0 Å². The summed E-state index contributed by atoms with van der Waals surface area (Å²) in [5.74, 6) is -4.53. The Morgan fingerprint density at radius 2 is 1.62 bits per heavy atom. The Hall–Kier alpha value is -3.16. The summed E-state index contributed by atoms with van der Waals surface area (Å²) in [6, 6.07) is 3.01.